The first kappa shape index (κ1) is 17.7. The molecule has 1 aliphatic carbocycles. The summed E-state index contributed by atoms with van der Waals surface area (Å²) in [7, 11) is 0. The van der Waals surface area contributed by atoms with Crippen molar-refractivity contribution in [3.05, 3.63) is 35.6 Å². The normalized spacial score (nSPS) is 21.2. The second-order valence-electron chi connectivity index (χ2n) is 5.48. The van der Waals surface area contributed by atoms with Crippen molar-refractivity contribution in [1.29, 1.82) is 0 Å². The van der Waals surface area contributed by atoms with Crippen LogP contribution in [0.5, 0.6) is 0 Å². The van der Waals surface area contributed by atoms with Crippen molar-refractivity contribution in [2.45, 2.75) is 25.3 Å². The fourth-order valence-corrected chi connectivity index (χ4v) is 3.19. The maximum absolute atomic E-state index is 13.4. The Morgan fingerprint density at radius 1 is 1.15 bits per heavy atom. The van der Waals surface area contributed by atoms with Crippen molar-refractivity contribution in [2.75, 3.05) is 26.2 Å². The van der Waals surface area contributed by atoms with Crippen LogP contribution < -0.4 is 5.32 Å². The fourth-order valence-electron chi connectivity index (χ4n) is 3.19. The van der Waals surface area contributed by atoms with E-state index >= 15 is 0 Å². The molecule has 0 bridgehead atoms. The van der Waals surface area contributed by atoms with Crippen molar-refractivity contribution in [3.8, 4) is 0 Å². The Bertz CT molecular complexity index is 407. The summed E-state index contributed by atoms with van der Waals surface area (Å²) in [5, 5.41) is 3.39. The van der Waals surface area contributed by atoms with Gasteiger partial charge >= 0.3 is 0 Å². The predicted octanol–water partition coefficient (Wildman–Crippen LogP) is 3.42. The van der Waals surface area contributed by atoms with Crippen LogP contribution in [0.15, 0.2) is 24.3 Å². The zero-order valence-electron chi connectivity index (χ0n) is 11.6. The van der Waals surface area contributed by atoms with Crippen LogP contribution in [0.3, 0.4) is 0 Å². The first-order chi connectivity index (χ1) is 8.84. The van der Waals surface area contributed by atoms with Gasteiger partial charge in [-0.25, -0.2) is 4.39 Å². The van der Waals surface area contributed by atoms with E-state index < -0.39 is 0 Å². The minimum Gasteiger partial charge on any atom is -0.314 e. The highest BCUT2D eigenvalue weighted by Gasteiger charge is 2.33. The van der Waals surface area contributed by atoms with E-state index in [-0.39, 0.29) is 30.6 Å². The maximum Gasteiger partial charge on any atom is 0.123 e. The van der Waals surface area contributed by atoms with E-state index in [1.165, 1.54) is 24.8 Å². The number of rotatable bonds is 3. The van der Waals surface area contributed by atoms with E-state index in [2.05, 4.69) is 16.3 Å². The highest BCUT2D eigenvalue weighted by molar-refractivity contribution is 5.85. The summed E-state index contributed by atoms with van der Waals surface area (Å²) >= 11 is 0. The standard InChI is InChI=1S/C15H21FN2.2ClH/c16-14-6-2-5-13(11-14)15(12-3-1-4-12)18-9-7-17-8-10-18;;/h2,5-6,11-12,15,17H,1,3-4,7-10H2;2*1H/t15-;;/m0../s1. The number of nitrogens with zero attached hydrogens (tertiary/aromatic N) is 1. The van der Waals surface area contributed by atoms with E-state index in [4.69, 9.17) is 0 Å². The van der Waals surface area contributed by atoms with Crippen molar-refractivity contribution < 1.29 is 4.39 Å². The van der Waals surface area contributed by atoms with Crippen molar-refractivity contribution in [3.63, 3.8) is 0 Å². The predicted molar refractivity (Wildman–Crippen MR) is 85.4 cm³/mol. The number of halogens is 3. The molecular weight excluding hydrogens is 298 g/mol. The van der Waals surface area contributed by atoms with Gasteiger partial charge in [-0.1, -0.05) is 18.6 Å². The molecule has 0 spiro atoms. The molecule has 0 unspecified atom stereocenters. The van der Waals surface area contributed by atoms with Gasteiger partial charge in [-0.05, 0) is 36.5 Å². The lowest BCUT2D eigenvalue weighted by Gasteiger charge is -2.43. The average Bonchev–Trinajstić information content (AvgIpc) is 2.34. The van der Waals surface area contributed by atoms with Crippen LogP contribution >= 0.6 is 24.8 Å². The SMILES string of the molecule is Cl.Cl.Fc1cccc([C@H](C2CCC2)N2CCNCC2)c1. The fraction of sp³-hybridized carbons (Fsp3) is 0.600. The summed E-state index contributed by atoms with van der Waals surface area (Å²) in [6, 6.07) is 7.63. The van der Waals surface area contributed by atoms with E-state index in [9.17, 15) is 4.39 Å². The molecule has 3 rings (SSSR count). The highest BCUT2D eigenvalue weighted by Crippen LogP contribution is 2.41. The van der Waals surface area contributed by atoms with Crippen LogP contribution in [0.4, 0.5) is 4.39 Å². The molecular formula is C15H23Cl2FN2. The first-order valence-electron chi connectivity index (χ1n) is 7.05. The maximum atomic E-state index is 13.4. The van der Waals surface area contributed by atoms with Gasteiger partial charge in [-0.2, -0.15) is 0 Å². The number of nitrogens with one attached hydrogen (secondary N) is 1. The quantitative estimate of drug-likeness (QED) is 0.918. The molecule has 1 aromatic carbocycles. The summed E-state index contributed by atoms with van der Waals surface area (Å²) in [6.45, 7) is 4.27. The van der Waals surface area contributed by atoms with E-state index in [0.29, 0.717) is 6.04 Å². The number of hydrogen-bond acceptors (Lipinski definition) is 2. The topological polar surface area (TPSA) is 15.3 Å². The molecule has 1 aliphatic heterocycles. The summed E-state index contributed by atoms with van der Waals surface area (Å²) in [5.41, 5.74) is 1.17. The van der Waals surface area contributed by atoms with Gasteiger partial charge < -0.3 is 5.32 Å². The Balaban J connectivity index is 0.000001000. The van der Waals surface area contributed by atoms with Gasteiger partial charge in [-0.3, -0.25) is 4.90 Å². The number of piperazine rings is 1. The summed E-state index contributed by atoms with van der Waals surface area (Å²) in [5.74, 6) is 0.622. The van der Waals surface area contributed by atoms with Crippen LogP contribution in [0.2, 0.25) is 0 Å². The molecule has 2 nitrogen and oxygen atoms in total. The third-order valence-electron chi connectivity index (χ3n) is 4.33. The van der Waals surface area contributed by atoms with Crippen molar-refractivity contribution >= 4 is 24.8 Å². The largest absolute Gasteiger partial charge is 0.314 e. The second kappa shape index (κ2) is 8.18. The van der Waals surface area contributed by atoms with Gasteiger partial charge in [0.1, 0.15) is 5.82 Å². The Kier molecular flexibility index (Phi) is 7.24. The third-order valence-corrected chi connectivity index (χ3v) is 4.33. The molecule has 1 heterocycles. The molecule has 2 aliphatic rings. The molecule has 1 saturated carbocycles. The molecule has 1 atom stereocenters. The van der Waals surface area contributed by atoms with Gasteiger partial charge in [0, 0.05) is 32.2 Å². The van der Waals surface area contributed by atoms with Crippen LogP contribution in [0, 0.1) is 11.7 Å². The highest BCUT2D eigenvalue weighted by atomic mass is 35.5. The molecule has 20 heavy (non-hydrogen) atoms. The molecule has 0 aromatic heterocycles. The molecule has 0 amide bonds. The molecule has 1 saturated heterocycles. The minimum atomic E-state index is -0.105. The van der Waals surface area contributed by atoms with Gasteiger partial charge in [-0.15, -0.1) is 24.8 Å². The lowest BCUT2D eigenvalue weighted by Crippen LogP contribution is -2.47. The van der Waals surface area contributed by atoms with E-state index in [0.717, 1.165) is 32.1 Å². The van der Waals surface area contributed by atoms with Crippen LogP contribution in [0.1, 0.15) is 30.9 Å². The molecule has 2 fully saturated rings. The number of benzene rings is 1. The molecule has 0 radical (unpaired) electrons. The van der Waals surface area contributed by atoms with Crippen molar-refractivity contribution in [1.82, 2.24) is 10.2 Å². The molecule has 1 N–H and O–H groups in total. The Labute approximate surface area is 132 Å². The average molecular weight is 321 g/mol. The van der Waals surface area contributed by atoms with Crippen LogP contribution in [-0.4, -0.2) is 31.1 Å². The first-order valence-corrected chi connectivity index (χ1v) is 7.05. The van der Waals surface area contributed by atoms with Crippen LogP contribution in [-0.2, 0) is 0 Å². The molecule has 5 heteroatoms. The van der Waals surface area contributed by atoms with E-state index in [1.807, 2.05) is 6.07 Å². The monoisotopic (exact) mass is 320 g/mol. The van der Waals surface area contributed by atoms with Crippen molar-refractivity contribution in [2.24, 2.45) is 5.92 Å². The van der Waals surface area contributed by atoms with Gasteiger partial charge in [0.05, 0.1) is 0 Å². The smallest absolute Gasteiger partial charge is 0.123 e. The van der Waals surface area contributed by atoms with E-state index in [1.54, 1.807) is 12.1 Å². The van der Waals surface area contributed by atoms with Gasteiger partial charge in [0.15, 0.2) is 0 Å². The summed E-state index contributed by atoms with van der Waals surface area (Å²) in [6.07, 6.45) is 3.93. The lowest BCUT2D eigenvalue weighted by molar-refractivity contribution is 0.0835. The van der Waals surface area contributed by atoms with Gasteiger partial charge in [0.25, 0.3) is 0 Å². The lowest BCUT2D eigenvalue weighted by atomic mass is 9.76. The Hall–Kier alpha value is -0.350. The molecule has 1 aromatic rings. The Morgan fingerprint density at radius 2 is 1.85 bits per heavy atom. The minimum absolute atomic E-state index is 0. The zero-order valence-corrected chi connectivity index (χ0v) is 13.2. The number of hydrogen-bond donors (Lipinski definition) is 1. The zero-order chi connectivity index (χ0) is 12.4. The Morgan fingerprint density at radius 3 is 2.40 bits per heavy atom. The summed E-state index contributed by atoms with van der Waals surface area (Å²) < 4.78 is 13.4. The van der Waals surface area contributed by atoms with Crippen LogP contribution in [0.25, 0.3) is 0 Å². The molecule has 114 valence electrons. The third kappa shape index (κ3) is 3.85. The summed E-state index contributed by atoms with van der Waals surface area (Å²) in [4.78, 5) is 2.54. The van der Waals surface area contributed by atoms with Gasteiger partial charge in [0.2, 0.25) is 0 Å². The second-order valence-corrected chi connectivity index (χ2v) is 5.48.